The third-order valence-corrected chi connectivity index (χ3v) is 5.29. The van der Waals surface area contributed by atoms with Crippen molar-refractivity contribution in [2.24, 2.45) is 0 Å². The van der Waals surface area contributed by atoms with Crippen molar-refractivity contribution in [3.8, 4) is 23.1 Å². The van der Waals surface area contributed by atoms with Gasteiger partial charge in [0.05, 0.1) is 23.1 Å². The summed E-state index contributed by atoms with van der Waals surface area (Å²) < 4.78 is 9.35. The Morgan fingerprint density at radius 1 is 0.941 bits per heavy atom. The maximum absolute atomic E-state index is 12.8. The van der Waals surface area contributed by atoms with Crippen molar-refractivity contribution in [1.82, 2.24) is 29.5 Å². The zero-order valence-corrected chi connectivity index (χ0v) is 18.6. The first-order chi connectivity index (χ1) is 16.6. The van der Waals surface area contributed by atoms with E-state index in [2.05, 4.69) is 25.6 Å². The van der Waals surface area contributed by atoms with Gasteiger partial charge in [-0.05, 0) is 56.3 Å². The van der Waals surface area contributed by atoms with Gasteiger partial charge in [0, 0.05) is 24.1 Å². The summed E-state index contributed by atoms with van der Waals surface area (Å²) in [4.78, 5) is 17.0. The molecule has 34 heavy (non-hydrogen) atoms. The lowest BCUT2D eigenvalue weighted by Crippen LogP contribution is -2.13. The van der Waals surface area contributed by atoms with E-state index in [1.807, 2.05) is 61.0 Å². The zero-order valence-electron chi connectivity index (χ0n) is 18.6. The Morgan fingerprint density at radius 2 is 1.74 bits per heavy atom. The van der Waals surface area contributed by atoms with Crippen LogP contribution in [0.5, 0.6) is 11.6 Å². The molecule has 0 bridgehead atoms. The number of carbonyl (C=O) groups excluding carboxylic acids is 1. The number of aromatic nitrogens is 6. The molecular formula is C25H21N7O2. The summed E-state index contributed by atoms with van der Waals surface area (Å²) in [5.41, 5.74) is 2.81. The number of nitrogens with zero attached hydrogens (tertiary/aromatic N) is 6. The number of ether oxygens (including phenoxy) is 1. The molecule has 5 rings (SSSR count). The van der Waals surface area contributed by atoms with Crippen LogP contribution in [0.3, 0.4) is 0 Å². The van der Waals surface area contributed by atoms with Crippen LogP contribution < -0.4 is 10.1 Å². The molecule has 168 valence electrons. The fraction of sp³-hybridized carbons (Fsp3) is 0.0800. The molecule has 3 aromatic heterocycles. The first-order valence-corrected chi connectivity index (χ1v) is 10.6. The van der Waals surface area contributed by atoms with E-state index in [9.17, 15) is 4.79 Å². The van der Waals surface area contributed by atoms with E-state index < -0.39 is 0 Å². The molecule has 9 heteroatoms. The highest BCUT2D eigenvalue weighted by molar-refractivity contribution is 6.05. The molecule has 3 heterocycles. The molecule has 9 nitrogen and oxygen atoms in total. The fourth-order valence-electron chi connectivity index (χ4n) is 3.50. The van der Waals surface area contributed by atoms with Crippen LogP contribution in [-0.4, -0.2) is 35.4 Å². The van der Waals surface area contributed by atoms with Crippen molar-refractivity contribution >= 4 is 11.6 Å². The van der Waals surface area contributed by atoms with Crippen molar-refractivity contribution in [2.75, 3.05) is 5.32 Å². The Hall–Kier alpha value is -4.79. The van der Waals surface area contributed by atoms with Gasteiger partial charge in [-0.25, -0.2) is 9.67 Å². The maximum atomic E-state index is 12.8. The van der Waals surface area contributed by atoms with Crippen LogP contribution in [0.25, 0.3) is 11.5 Å². The predicted octanol–water partition coefficient (Wildman–Crippen LogP) is 4.51. The van der Waals surface area contributed by atoms with Crippen LogP contribution in [0.4, 0.5) is 5.69 Å². The van der Waals surface area contributed by atoms with Crippen molar-refractivity contribution in [2.45, 2.75) is 13.8 Å². The molecule has 0 saturated heterocycles. The summed E-state index contributed by atoms with van der Waals surface area (Å²) in [7, 11) is 0. The molecule has 5 aromatic rings. The number of carbonyl (C=O) groups is 1. The summed E-state index contributed by atoms with van der Waals surface area (Å²) >= 11 is 0. The quantitative estimate of drug-likeness (QED) is 0.408. The standard InChI is InChI=1S/C25H21N7O2/c1-17-22(16-27-32(17)20-6-4-3-5-7-20)25(33)28-19-8-10-21(11-9-19)34-24-13-12-23(29-30-24)31-15-14-26-18(31)2/h3-16H,1-2H3,(H,28,33). The minimum Gasteiger partial charge on any atom is -0.438 e. The lowest BCUT2D eigenvalue weighted by atomic mass is 10.2. The summed E-state index contributed by atoms with van der Waals surface area (Å²) in [5.74, 6) is 2.19. The van der Waals surface area contributed by atoms with E-state index in [-0.39, 0.29) is 5.91 Å². The SMILES string of the molecule is Cc1nccn1-c1ccc(Oc2ccc(NC(=O)c3cnn(-c4ccccc4)c3C)cc2)nn1. The van der Waals surface area contributed by atoms with Crippen molar-refractivity contribution in [1.29, 1.82) is 0 Å². The van der Waals surface area contributed by atoms with Crippen LogP contribution in [0.15, 0.2) is 85.3 Å². The number of rotatable bonds is 6. The molecule has 0 saturated carbocycles. The number of benzene rings is 2. The number of hydrogen-bond acceptors (Lipinski definition) is 6. The normalized spacial score (nSPS) is 10.8. The maximum Gasteiger partial charge on any atom is 0.259 e. The smallest absolute Gasteiger partial charge is 0.259 e. The molecule has 2 aromatic carbocycles. The van der Waals surface area contributed by atoms with Crippen molar-refractivity contribution in [3.05, 3.63) is 102 Å². The van der Waals surface area contributed by atoms with Crippen molar-refractivity contribution < 1.29 is 9.53 Å². The highest BCUT2D eigenvalue weighted by Crippen LogP contribution is 2.22. The van der Waals surface area contributed by atoms with Crippen LogP contribution in [0, 0.1) is 13.8 Å². The van der Waals surface area contributed by atoms with Gasteiger partial charge in [-0.15, -0.1) is 10.2 Å². The third kappa shape index (κ3) is 4.26. The number of hydrogen-bond donors (Lipinski definition) is 1. The second-order valence-electron chi connectivity index (χ2n) is 7.55. The van der Waals surface area contributed by atoms with Crippen LogP contribution in [0.2, 0.25) is 0 Å². The molecule has 0 aliphatic carbocycles. The Labute approximate surface area is 195 Å². The average Bonchev–Trinajstić information content (AvgIpc) is 3.47. The number of aryl methyl sites for hydroxylation is 1. The second-order valence-corrected chi connectivity index (χ2v) is 7.55. The lowest BCUT2D eigenvalue weighted by molar-refractivity contribution is 0.102. The number of amides is 1. The van der Waals surface area contributed by atoms with E-state index in [0.717, 1.165) is 17.2 Å². The van der Waals surface area contributed by atoms with Crippen molar-refractivity contribution in [3.63, 3.8) is 0 Å². The Kier molecular flexibility index (Phi) is 5.57. The molecule has 0 fully saturated rings. The van der Waals surface area contributed by atoms with Gasteiger partial charge in [-0.1, -0.05) is 18.2 Å². The van der Waals surface area contributed by atoms with E-state index in [0.29, 0.717) is 28.7 Å². The number of nitrogens with one attached hydrogen (secondary N) is 1. The molecule has 0 atom stereocenters. The number of para-hydroxylation sites is 1. The highest BCUT2D eigenvalue weighted by Gasteiger charge is 2.15. The molecule has 1 amide bonds. The first-order valence-electron chi connectivity index (χ1n) is 10.6. The van der Waals surface area contributed by atoms with Gasteiger partial charge in [-0.2, -0.15) is 5.10 Å². The van der Waals surface area contributed by atoms with Gasteiger partial charge in [0.1, 0.15) is 11.6 Å². The minimum absolute atomic E-state index is 0.232. The molecule has 0 aliphatic rings. The van der Waals surface area contributed by atoms with Gasteiger partial charge in [0.25, 0.3) is 5.91 Å². The van der Waals surface area contributed by atoms with E-state index in [1.54, 1.807) is 47.4 Å². The molecule has 0 aliphatic heterocycles. The van der Waals surface area contributed by atoms with Crippen LogP contribution >= 0.6 is 0 Å². The first kappa shape index (κ1) is 21.1. The highest BCUT2D eigenvalue weighted by atomic mass is 16.5. The predicted molar refractivity (Wildman–Crippen MR) is 127 cm³/mol. The van der Waals surface area contributed by atoms with Gasteiger partial charge < -0.3 is 10.1 Å². The van der Waals surface area contributed by atoms with E-state index >= 15 is 0 Å². The van der Waals surface area contributed by atoms with Gasteiger partial charge in [-0.3, -0.25) is 9.36 Å². The molecule has 1 N–H and O–H groups in total. The topological polar surface area (TPSA) is 99.8 Å². The third-order valence-electron chi connectivity index (χ3n) is 5.29. The lowest BCUT2D eigenvalue weighted by Gasteiger charge is -2.08. The monoisotopic (exact) mass is 451 g/mol. The summed E-state index contributed by atoms with van der Waals surface area (Å²) in [6.45, 7) is 3.76. The van der Waals surface area contributed by atoms with Gasteiger partial charge in [0.2, 0.25) is 5.88 Å². The Morgan fingerprint density at radius 3 is 2.41 bits per heavy atom. The largest absolute Gasteiger partial charge is 0.438 e. The van der Waals surface area contributed by atoms with Crippen LogP contribution in [0.1, 0.15) is 21.9 Å². The van der Waals surface area contributed by atoms with E-state index in [1.165, 1.54) is 0 Å². The summed E-state index contributed by atoms with van der Waals surface area (Å²) in [5, 5.41) is 15.6. The van der Waals surface area contributed by atoms with Gasteiger partial charge >= 0.3 is 0 Å². The summed E-state index contributed by atoms with van der Waals surface area (Å²) in [6.07, 6.45) is 5.10. The number of imidazole rings is 1. The zero-order chi connectivity index (χ0) is 23.5. The molecule has 0 spiro atoms. The van der Waals surface area contributed by atoms with E-state index in [4.69, 9.17) is 4.74 Å². The fourth-order valence-corrected chi connectivity index (χ4v) is 3.50. The molecular weight excluding hydrogens is 430 g/mol. The van der Waals surface area contributed by atoms with Crippen LogP contribution in [-0.2, 0) is 0 Å². The van der Waals surface area contributed by atoms with Gasteiger partial charge in [0.15, 0.2) is 5.82 Å². The second kappa shape index (κ2) is 8.99. The Bertz CT molecular complexity index is 1420. The molecule has 0 unspecified atom stereocenters. The summed E-state index contributed by atoms with van der Waals surface area (Å²) in [6, 6.07) is 20.3. The average molecular weight is 451 g/mol. The minimum atomic E-state index is -0.232. The Balaban J connectivity index is 1.24. The molecule has 0 radical (unpaired) electrons. The number of anilines is 1.